The predicted octanol–water partition coefficient (Wildman–Crippen LogP) is 3.15. The van der Waals surface area contributed by atoms with Gasteiger partial charge in [0.2, 0.25) is 5.91 Å². The molecule has 0 atom stereocenters. The Balaban J connectivity index is 2.42. The molecule has 19 heavy (non-hydrogen) atoms. The van der Waals surface area contributed by atoms with Crippen LogP contribution < -0.4 is 10.1 Å². The number of nitrogens with one attached hydrogen (secondary N) is 1. The van der Waals surface area contributed by atoms with E-state index in [0.29, 0.717) is 25.5 Å². The van der Waals surface area contributed by atoms with Gasteiger partial charge in [-0.15, -0.1) is 0 Å². The molecule has 0 spiro atoms. The monoisotopic (exact) mass is 263 g/mol. The Morgan fingerprint density at radius 1 is 1.21 bits per heavy atom. The second-order valence-corrected chi connectivity index (χ2v) is 5.45. The van der Waals surface area contributed by atoms with Crippen LogP contribution in [0.25, 0.3) is 0 Å². The van der Waals surface area contributed by atoms with Crippen molar-refractivity contribution in [2.75, 3.05) is 13.2 Å². The summed E-state index contributed by atoms with van der Waals surface area (Å²) in [5.74, 6) is 1.43. The van der Waals surface area contributed by atoms with Gasteiger partial charge < -0.3 is 10.1 Å². The summed E-state index contributed by atoms with van der Waals surface area (Å²) in [4.78, 5) is 11.5. The van der Waals surface area contributed by atoms with Crippen LogP contribution in [0.2, 0.25) is 0 Å². The van der Waals surface area contributed by atoms with Crippen molar-refractivity contribution < 1.29 is 9.53 Å². The highest BCUT2D eigenvalue weighted by Crippen LogP contribution is 2.25. The maximum Gasteiger partial charge on any atom is 0.220 e. The normalized spacial score (nSPS) is 10.6. The first-order chi connectivity index (χ1) is 8.91. The number of hydrogen-bond acceptors (Lipinski definition) is 2. The molecule has 0 unspecified atom stereocenters. The molecule has 0 aliphatic heterocycles. The van der Waals surface area contributed by atoms with Crippen LogP contribution in [0.4, 0.5) is 0 Å². The number of amides is 1. The van der Waals surface area contributed by atoms with Crippen molar-refractivity contribution in [3.63, 3.8) is 0 Å². The molecule has 0 saturated heterocycles. The number of benzene rings is 1. The molecule has 0 aliphatic carbocycles. The average Bonchev–Trinajstić information content (AvgIpc) is 2.32. The molecule has 1 rings (SSSR count). The van der Waals surface area contributed by atoms with E-state index in [2.05, 4.69) is 31.3 Å². The van der Waals surface area contributed by atoms with E-state index in [4.69, 9.17) is 4.74 Å². The zero-order chi connectivity index (χ0) is 14.4. The summed E-state index contributed by atoms with van der Waals surface area (Å²) in [7, 11) is 0. The van der Waals surface area contributed by atoms with Gasteiger partial charge in [-0.1, -0.05) is 26.0 Å². The molecule has 0 saturated carbocycles. The van der Waals surface area contributed by atoms with E-state index >= 15 is 0 Å². The Hall–Kier alpha value is -1.51. The number of rotatable bonds is 6. The molecule has 0 radical (unpaired) electrons. The van der Waals surface area contributed by atoms with Gasteiger partial charge in [0.15, 0.2) is 0 Å². The maximum atomic E-state index is 11.5. The molecule has 0 aliphatic rings. The fourth-order valence-corrected chi connectivity index (χ4v) is 1.93. The van der Waals surface area contributed by atoms with Crippen LogP contribution in [0.3, 0.4) is 0 Å². The number of ether oxygens (including phenoxy) is 1. The molecule has 1 N–H and O–H groups in total. The zero-order valence-corrected chi connectivity index (χ0v) is 12.7. The zero-order valence-electron chi connectivity index (χ0n) is 12.7. The van der Waals surface area contributed by atoms with Crippen LogP contribution in [0.15, 0.2) is 12.1 Å². The fraction of sp³-hybridized carbons (Fsp3) is 0.562. The lowest BCUT2D eigenvalue weighted by Crippen LogP contribution is -2.29. The highest BCUT2D eigenvalue weighted by molar-refractivity contribution is 5.76. The first-order valence-electron chi connectivity index (χ1n) is 6.88. The fourth-order valence-electron chi connectivity index (χ4n) is 1.93. The van der Waals surface area contributed by atoms with Gasteiger partial charge in [-0.25, -0.2) is 0 Å². The summed E-state index contributed by atoms with van der Waals surface area (Å²) in [6.45, 7) is 11.3. The molecule has 106 valence electrons. The standard InChI is InChI=1S/C16H25NO2/c1-11(2)10-15(18)17-8-9-19-16-13(4)7-6-12(3)14(16)5/h6-7,11H,8-10H2,1-5H3,(H,17,18). The van der Waals surface area contributed by atoms with Crippen molar-refractivity contribution in [2.24, 2.45) is 5.92 Å². The van der Waals surface area contributed by atoms with Crippen LogP contribution in [-0.4, -0.2) is 19.1 Å². The quantitative estimate of drug-likeness (QED) is 0.801. The van der Waals surface area contributed by atoms with Crippen LogP contribution >= 0.6 is 0 Å². The molecule has 3 nitrogen and oxygen atoms in total. The summed E-state index contributed by atoms with van der Waals surface area (Å²) in [6, 6.07) is 4.16. The van der Waals surface area contributed by atoms with Crippen molar-refractivity contribution in [2.45, 2.75) is 41.0 Å². The van der Waals surface area contributed by atoms with Gasteiger partial charge in [-0.3, -0.25) is 4.79 Å². The van der Waals surface area contributed by atoms with E-state index in [1.165, 1.54) is 11.1 Å². The number of aryl methyl sites for hydroxylation is 2. The van der Waals surface area contributed by atoms with Gasteiger partial charge in [0.05, 0.1) is 6.54 Å². The van der Waals surface area contributed by atoms with Gasteiger partial charge in [-0.05, 0) is 43.4 Å². The average molecular weight is 263 g/mol. The van der Waals surface area contributed by atoms with Crippen LogP contribution in [0.1, 0.15) is 37.0 Å². The summed E-state index contributed by atoms with van der Waals surface area (Å²) in [5, 5.41) is 2.87. The smallest absolute Gasteiger partial charge is 0.220 e. The van der Waals surface area contributed by atoms with Crippen molar-refractivity contribution in [3.8, 4) is 5.75 Å². The van der Waals surface area contributed by atoms with Gasteiger partial charge in [-0.2, -0.15) is 0 Å². The second kappa shape index (κ2) is 7.17. The van der Waals surface area contributed by atoms with E-state index in [1.807, 2.05) is 20.8 Å². The molecular formula is C16H25NO2. The third kappa shape index (κ3) is 4.93. The van der Waals surface area contributed by atoms with Gasteiger partial charge in [0.1, 0.15) is 12.4 Å². The number of carbonyl (C=O) groups excluding carboxylic acids is 1. The Morgan fingerprint density at radius 3 is 2.47 bits per heavy atom. The summed E-state index contributed by atoms with van der Waals surface area (Å²) >= 11 is 0. The minimum atomic E-state index is 0.0938. The Bertz CT molecular complexity index is 439. The topological polar surface area (TPSA) is 38.3 Å². The Morgan fingerprint density at radius 2 is 1.84 bits per heavy atom. The third-order valence-electron chi connectivity index (χ3n) is 3.14. The van der Waals surface area contributed by atoms with Gasteiger partial charge in [0.25, 0.3) is 0 Å². The maximum absolute atomic E-state index is 11.5. The largest absolute Gasteiger partial charge is 0.491 e. The Kier molecular flexibility index (Phi) is 5.87. The highest BCUT2D eigenvalue weighted by atomic mass is 16.5. The van der Waals surface area contributed by atoms with Gasteiger partial charge >= 0.3 is 0 Å². The van der Waals surface area contributed by atoms with Crippen molar-refractivity contribution in [1.29, 1.82) is 0 Å². The van der Waals surface area contributed by atoms with Crippen LogP contribution in [0.5, 0.6) is 5.75 Å². The van der Waals surface area contributed by atoms with Gasteiger partial charge in [0, 0.05) is 6.42 Å². The molecule has 0 heterocycles. The van der Waals surface area contributed by atoms with E-state index < -0.39 is 0 Å². The lowest BCUT2D eigenvalue weighted by atomic mass is 10.1. The third-order valence-corrected chi connectivity index (χ3v) is 3.14. The van der Waals surface area contributed by atoms with Crippen LogP contribution in [-0.2, 0) is 4.79 Å². The van der Waals surface area contributed by atoms with Crippen molar-refractivity contribution >= 4 is 5.91 Å². The highest BCUT2D eigenvalue weighted by Gasteiger charge is 2.07. The molecule has 1 aromatic rings. The number of carbonyl (C=O) groups is 1. The molecule has 0 aromatic heterocycles. The lowest BCUT2D eigenvalue weighted by molar-refractivity contribution is -0.121. The van der Waals surface area contributed by atoms with Crippen molar-refractivity contribution in [3.05, 3.63) is 28.8 Å². The SMILES string of the molecule is Cc1ccc(C)c(OCCNC(=O)CC(C)C)c1C. The first kappa shape index (κ1) is 15.5. The van der Waals surface area contributed by atoms with E-state index in [0.717, 1.165) is 11.3 Å². The molecule has 1 aromatic carbocycles. The van der Waals surface area contributed by atoms with Crippen molar-refractivity contribution in [1.82, 2.24) is 5.32 Å². The summed E-state index contributed by atoms with van der Waals surface area (Å²) in [6.07, 6.45) is 0.572. The first-order valence-corrected chi connectivity index (χ1v) is 6.88. The minimum absolute atomic E-state index is 0.0938. The molecule has 1 amide bonds. The summed E-state index contributed by atoms with van der Waals surface area (Å²) < 4.78 is 5.79. The second-order valence-electron chi connectivity index (χ2n) is 5.45. The predicted molar refractivity (Wildman–Crippen MR) is 78.6 cm³/mol. The molecule has 0 fully saturated rings. The van der Waals surface area contributed by atoms with E-state index in [1.54, 1.807) is 0 Å². The Labute approximate surface area is 116 Å². The molecule has 0 bridgehead atoms. The van der Waals surface area contributed by atoms with Crippen LogP contribution in [0, 0.1) is 26.7 Å². The summed E-state index contributed by atoms with van der Waals surface area (Å²) in [5.41, 5.74) is 3.54. The minimum Gasteiger partial charge on any atom is -0.491 e. The number of hydrogen-bond donors (Lipinski definition) is 1. The lowest BCUT2D eigenvalue weighted by Gasteiger charge is -2.14. The molecule has 3 heteroatoms. The van der Waals surface area contributed by atoms with E-state index in [9.17, 15) is 4.79 Å². The van der Waals surface area contributed by atoms with E-state index in [-0.39, 0.29) is 5.91 Å². The molecular weight excluding hydrogens is 238 g/mol.